The fourth-order valence-electron chi connectivity index (χ4n) is 1.93. The second kappa shape index (κ2) is 7.17. The summed E-state index contributed by atoms with van der Waals surface area (Å²) in [4.78, 5) is 0. The molecular weight excluding hydrogens is 276 g/mol. The Morgan fingerprint density at radius 3 is 2.60 bits per heavy atom. The van der Waals surface area contributed by atoms with Crippen LogP contribution in [-0.4, -0.2) is 18.8 Å². The van der Waals surface area contributed by atoms with Gasteiger partial charge in [0, 0.05) is 17.0 Å². The molecule has 0 aliphatic carbocycles. The zero-order valence-electron chi connectivity index (χ0n) is 11.3. The molecule has 0 aromatic heterocycles. The van der Waals surface area contributed by atoms with Crippen LogP contribution in [0.1, 0.15) is 18.1 Å². The van der Waals surface area contributed by atoms with E-state index in [2.05, 4.69) is 0 Å². The van der Waals surface area contributed by atoms with Crippen molar-refractivity contribution in [3.05, 3.63) is 59.1 Å². The zero-order valence-corrected chi connectivity index (χ0v) is 12.0. The first-order chi connectivity index (χ1) is 9.70. The summed E-state index contributed by atoms with van der Waals surface area (Å²) < 4.78 is 10.8. The number of rotatable bonds is 6. The maximum Gasteiger partial charge on any atom is 0.124 e. The molecule has 0 heterocycles. The molecule has 0 radical (unpaired) electrons. The second-order valence-corrected chi connectivity index (χ2v) is 4.79. The molecular formula is C16H17ClO3. The lowest BCUT2D eigenvalue weighted by Gasteiger charge is -2.15. The lowest BCUT2D eigenvalue weighted by atomic mass is 10.1. The number of para-hydroxylation sites is 1. The molecule has 0 saturated heterocycles. The highest BCUT2D eigenvalue weighted by Crippen LogP contribution is 2.30. The number of halogens is 1. The minimum Gasteiger partial charge on any atom is -0.496 e. The van der Waals surface area contributed by atoms with Gasteiger partial charge in [-0.1, -0.05) is 29.8 Å². The largest absolute Gasteiger partial charge is 0.496 e. The first-order valence-corrected chi connectivity index (χ1v) is 6.78. The van der Waals surface area contributed by atoms with Crippen molar-refractivity contribution in [1.29, 1.82) is 0 Å². The second-order valence-electron chi connectivity index (χ2n) is 4.35. The highest BCUT2D eigenvalue weighted by Gasteiger charge is 2.14. The molecule has 2 aromatic carbocycles. The third-order valence-corrected chi connectivity index (χ3v) is 3.19. The van der Waals surface area contributed by atoms with E-state index in [1.54, 1.807) is 25.3 Å². The van der Waals surface area contributed by atoms with E-state index in [9.17, 15) is 5.11 Å². The van der Waals surface area contributed by atoms with Crippen LogP contribution in [-0.2, 0) is 0 Å². The van der Waals surface area contributed by atoms with E-state index in [0.29, 0.717) is 29.4 Å². The highest BCUT2D eigenvalue weighted by atomic mass is 35.5. The Bertz CT molecular complexity index is 543. The average molecular weight is 293 g/mol. The summed E-state index contributed by atoms with van der Waals surface area (Å²) in [6.07, 6.45) is -0.210. The number of methoxy groups -OCH3 is 1. The van der Waals surface area contributed by atoms with Gasteiger partial charge in [0.05, 0.1) is 19.8 Å². The topological polar surface area (TPSA) is 38.7 Å². The van der Waals surface area contributed by atoms with Gasteiger partial charge in [-0.05, 0) is 30.3 Å². The van der Waals surface area contributed by atoms with Gasteiger partial charge in [0.2, 0.25) is 0 Å². The van der Waals surface area contributed by atoms with Gasteiger partial charge in [-0.15, -0.1) is 0 Å². The van der Waals surface area contributed by atoms with Gasteiger partial charge in [0.15, 0.2) is 0 Å². The first-order valence-electron chi connectivity index (χ1n) is 6.40. The summed E-state index contributed by atoms with van der Waals surface area (Å²) in [6.45, 7) is 0.418. The van der Waals surface area contributed by atoms with Gasteiger partial charge in [0.1, 0.15) is 11.5 Å². The Balaban J connectivity index is 1.95. The van der Waals surface area contributed by atoms with E-state index in [-0.39, 0.29) is 0 Å². The Morgan fingerprint density at radius 1 is 1.15 bits per heavy atom. The van der Waals surface area contributed by atoms with E-state index < -0.39 is 6.10 Å². The van der Waals surface area contributed by atoms with Crippen molar-refractivity contribution >= 4 is 11.6 Å². The molecule has 1 atom stereocenters. The van der Waals surface area contributed by atoms with Crippen molar-refractivity contribution in [3.63, 3.8) is 0 Å². The minimum atomic E-state index is -0.674. The third kappa shape index (κ3) is 3.89. The minimum absolute atomic E-state index is 0.418. The predicted molar refractivity (Wildman–Crippen MR) is 79.5 cm³/mol. The predicted octanol–water partition coefficient (Wildman–Crippen LogP) is 3.85. The van der Waals surface area contributed by atoms with Crippen molar-refractivity contribution in [1.82, 2.24) is 0 Å². The van der Waals surface area contributed by atoms with Crippen LogP contribution in [0.15, 0.2) is 48.5 Å². The Hall–Kier alpha value is -1.71. The van der Waals surface area contributed by atoms with Gasteiger partial charge in [0.25, 0.3) is 0 Å². The van der Waals surface area contributed by atoms with Gasteiger partial charge < -0.3 is 14.6 Å². The molecule has 1 unspecified atom stereocenters. The molecule has 4 heteroatoms. The summed E-state index contributed by atoms with van der Waals surface area (Å²) in [5.74, 6) is 1.42. The third-order valence-electron chi connectivity index (χ3n) is 2.95. The molecule has 3 nitrogen and oxygen atoms in total. The van der Waals surface area contributed by atoms with E-state index in [4.69, 9.17) is 21.1 Å². The molecule has 0 fully saturated rings. The van der Waals surface area contributed by atoms with Crippen LogP contribution in [0.4, 0.5) is 0 Å². The Kier molecular flexibility index (Phi) is 5.27. The normalized spacial score (nSPS) is 11.9. The van der Waals surface area contributed by atoms with E-state index in [0.717, 1.165) is 5.75 Å². The standard InChI is InChI=1S/C16H17ClO3/c1-19-16-8-7-12(17)11-14(16)15(18)9-10-20-13-5-3-2-4-6-13/h2-8,11,15,18H,9-10H2,1H3. The van der Waals surface area contributed by atoms with Crippen molar-refractivity contribution < 1.29 is 14.6 Å². The summed E-state index contributed by atoms with van der Waals surface area (Å²) in [6, 6.07) is 14.7. The molecule has 106 valence electrons. The summed E-state index contributed by atoms with van der Waals surface area (Å²) >= 11 is 5.95. The van der Waals surface area contributed by atoms with Crippen LogP contribution < -0.4 is 9.47 Å². The van der Waals surface area contributed by atoms with Crippen molar-refractivity contribution in [3.8, 4) is 11.5 Å². The summed E-state index contributed by atoms with van der Waals surface area (Å²) in [7, 11) is 1.57. The number of ether oxygens (including phenoxy) is 2. The van der Waals surface area contributed by atoms with E-state index >= 15 is 0 Å². The molecule has 0 bridgehead atoms. The van der Waals surface area contributed by atoms with Crippen molar-refractivity contribution in [2.24, 2.45) is 0 Å². The Labute approximate surface area is 123 Å². The SMILES string of the molecule is COc1ccc(Cl)cc1C(O)CCOc1ccccc1. The molecule has 0 aliphatic rings. The van der Waals surface area contributed by atoms with Gasteiger partial charge in [-0.3, -0.25) is 0 Å². The first kappa shape index (κ1) is 14.7. The lowest BCUT2D eigenvalue weighted by molar-refractivity contribution is 0.137. The van der Waals surface area contributed by atoms with Crippen LogP contribution in [0, 0.1) is 0 Å². The van der Waals surface area contributed by atoms with Crippen LogP contribution in [0.5, 0.6) is 11.5 Å². The van der Waals surface area contributed by atoms with Gasteiger partial charge in [-0.2, -0.15) is 0 Å². The van der Waals surface area contributed by atoms with E-state index in [1.165, 1.54) is 0 Å². The molecule has 0 spiro atoms. The monoisotopic (exact) mass is 292 g/mol. The van der Waals surface area contributed by atoms with Crippen LogP contribution in [0.2, 0.25) is 5.02 Å². The fraction of sp³-hybridized carbons (Fsp3) is 0.250. The van der Waals surface area contributed by atoms with Crippen molar-refractivity contribution in [2.75, 3.05) is 13.7 Å². The zero-order chi connectivity index (χ0) is 14.4. The fourth-order valence-corrected chi connectivity index (χ4v) is 2.11. The van der Waals surface area contributed by atoms with Gasteiger partial charge in [-0.25, -0.2) is 0 Å². The Morgan fingerprint density at radius 2 is 1.90 bits per heavy atom. The number of hydrogen-bond donors (Lipinski definition) is 1. The number of aliphatic hydroxyl groups is 1. The summed E-state index contributed by atoms with van der Waals surface area (Å²) in [5, 5.41) is 10.8. The maximum atomic E-state index is 10.2. The van der Waals surface area contributed by atoms with Crippen LogP contribution >= 0.6 is 11.6 Å². The molecule has 0 amide bonds. The number of hydrogen-bond acceptors (Lipinski definition) is 3. The van der Waals surface area contributed by atoms with Crippen molar-refractivity contribution in [2.45, 2.75) is 12.5 Å². The van der Waals surface area contributed by atoms with Gasteiger partial charge >= 0.3 is 0 Å². The molecule has 2 aromatic rings. The molecule has 0 aliphatic heterocycles. The molecule has 20 heavy (non-hydrogen) atoms. The molecule has 1 N–H and O–H groups in total. The highest BCUT2D eigenvalue weighted by molar-refractivity contribution is 6.30. The molecule has 0 saturated carbocycles. The van der Waals surface area contributed by atoms with Crippen LogP contribution in [0.25, 0.3) is 0 Å². The quantitative estimate of drug-likeness (QED) is 0.879. The smallest absolute Gasteiger partial charge is 0.124 e. The number of benzene rings is 2. The maximum absolute atomic E-state index is 10.2. The summed E-state index contributed by atoms with van der Waals surface area (Å²) in [5.41, 5.74) is 0.677. The van der Waals surface area contributed by atoms with Crippen LogP contribution in [0.3, 0.4) is 0 Å². The van der Waals surface area contributed by atoms with E-state index in [1.807, 2.05) is 30.3 Å². The average Bonchev–Trinajstić information content (AvgIpc) is 2.48. The lowest BCUT2D eigenvalue weighted by Crippen LogP contribution is -2.06. The number of aliphatic hydroxyl groups excluding tert-OH is 1. The molecule has 2 rings (SSSR count).